The first-order valence-electron chi connectivity index (χ1n) is 5.64. The highest BCUT2D eigenvalue weighted by atomic mass is 16.3. The summed E-state index contributed by atoms with van der Waals surface area (Å²) >= 11 is 0. The molecular formula is C12H17NO. The molecule has 0 atom stereocenters. The average molecular weight is 192 g/mol. The van der Waals surface area contributed by atoms with Crippen LogP contribution in [0.15, 0.2) is 30.3 Å². The Kier molecular flexibility index (Phi) is 2.76. The molecule has 0 aliphatic carbocycles. The van der Waals surface area contributed by atoms with Crippen LogP contribution in [0.4, 0.5) is 0 Å². The molecule has 1 N–H and O–H groups in total. The van der Waals surface area contributed by atoms with E-state index < -0.39 is 6.08 Å². The molecule has 1 aromatic carbocycles. The Bertz CT molecular complexity index is 303. The number of benzene rings is 1. The summed E-state index contributed by atoms with van der Waals surface area (Å²) in [5, 5.41) is 9.50. The number of likely N-dealkylation sites (tertiary alicyclic amines) is 1. The Morgan fingerprint density at radius 3 is 2.57 bits per heavy atom. The van der Waals surface area contributed by atoms with Crippen LogP contribution in [0.25, 0.3) is 0 Å². The third kappa shape index (κ3) is 2.56. The molecule has 0 radical (unpaired) electrons. The third-order valence-electron chi connectivity index (χ3n) is 2.68. The first-order chi connectivity index (χ1) is 7.16. The van der Waals surface area contributed by atoms with E-state index in [1.165, 1.54) is 5.56 Å². The molecule has 1 saturated heterocycles. The summed E-state index contributed by atoms with van der Waals surface area (Å²) < 4.78 is 7.52. The normalized spacial score (nSPS) is 23.1. The summed E-state index contributed by atoms with van der Waals surface area (Å²) in [5.74, 6) is 0. The lowest BCUT2D eigenvalue weighted by molar-refractivity contribution is 0.0792. The van der Waals surface area contributed by atoms with Crippen molar-refractivity contribution in [3.05, 3.63) is 35.9 Å². The van der Waals surface area contributed by atoms with E-state index in [0.717, 1.165) is 19.6 Å². The second-order valence-electron chi connectivity index (χ2n) is 3.83. The molecule has 0 unspecified atom stereocenters. The van der Waals surface area contributed by atoms with Gasteiger partial charge in [-0.15, -0.1) is 0 Å². The lowest BCUT2D eigenvalue weighted by Gasteiger charge is -2.29. The minimum absolute atomic E-state index is 0.555. The van der Waals surface area contributed by atoms with Crippen molar-refractivity contribution in [1.82, 2.24) is 4.90 Å². The summed E-state index contributed by atoms with van der Waals surface area (Å²) in [4.78, 5) is 2.29. The van der Waals surface area contributed by atoms with E-state index in [-0.39, 0.29) is 0 Å². The van der Waals surface area contributed by atoms with Crippen molar-refractivity contribution >= 4 is 0 Å². The van der Waals surface area contributed by atoms with E-state index >= 15 is 0 Å². The van der Waals surface area contributed by atoms with Crippen LogP contribution in [0.3, 0.4) is 0 Å². The number of hydrogen-bond donors (Lipinski definition) is 1. The van der Waals surface area contributed by atoms with E-state index in [1.54, 1.807) is 0 Å². The lowest BCUT2D eigenvalue weighted by atomic mass is 10.1. The lowest BCUT2D eigenvalue weighted by Crippen LogP contribution is -2.35. The van der Waals surface area contributed by atoms with Gasteiger partial charge in [-0.25, -0.2) is 0 Å². The van der Waals surface area contributed by atoms with Crippen molar-refractivity contribution in [2.24, 2.45) is 0 Å². The number of hydrogen-bond acceptors (Lipinski definition) is 2. The number of aliphatic hydroxyl groups is 1. The molecular weight excluding hydrogens is 174 g/mol. The van der Waals surface area contributed by atoms with Gasteiger partial charge >= 0.3 is 0 Å². The SMILES string of the molecule is [2H]C1(O)CCN(Cc2ccccc2)CC1. The summed E-state index contributed by atoms with van der Waals surface area (Å²) in [6.07, 6.45) is -0.0765. The first kappa shape index (κ1) is 8.45. The molecule has 0 aromatic heterocycles. The van der Waals surface area contributed by atoms with Crippen molar-refractivity contribution in [2.45, 2.75) is 25.5 Å². The van der Waals surface area contributed by atoms with Crippen LogP contribution in [0.2, 0.25) is 0 Å². The Labute approximate surface area is 86.6 Å². The fourth-order valence-electron chi connectivity index (χ4n) is 1.81. The van der Waals surface area contributed by atoms with Gasteiger partial charge < -0.3 is 5.11 Å². The predicted octanol–water partition coefficient (Wildman–Crippen LogP) is 1.64. The molecule has 0 amide bonds. The van der Waals surface area contributed by atoms with Crippen LogP contribution in [-0.2, 0) is 6.54 Å². The van der Waals surface area contributed by atoms with Crippen LogP contribution in [0.1, 0.15) is 19.8 Å². The van der Waals surface area contributed by atoms with Crippen molar-refractivity contribution in [2.75, 3.05) is 13.1 Å². The van der Waals surface area contributed by atoms with E-state index in [9.17, 15) is 5.11 Å². The largest absolute Gasteiger partial charge is 0.393 e. The number of piperidine rings is 1. The highest BCUT2D eigenvalue weighted by Crippen LogP contribution is 2.13. The Balaban J connectivity index is 1.88. The van der Waals surface area contributed by atoms with E-state index in [4.69, 9.17) is 1.37 Å². The molecule has 0 bridgehead atoms. The third-order valence-corrected chi connectivity index (χ3v) is 2.68. The maximum atomic E-state index is 9.50. The standard InChI is InChI=1S/C12H17NO/c14-12-6-8-13(9-7-12)10-11-4-2-1-3-5-11/h1-5,12,14H,6-10H2/i12D. The molecule has 1 fully saturated rings. The maximum Gasteiger partial charge on any atom is 0.0601 e. The molecule has 1 heterocycles. The highest BCUT2D eigenvalue weighted by Gasteiger charge is 2.16. The smallest absolute Gasteiger partial charge is 0.0601 e. The topological polar surface area (TPSA) is 23.5 Å². The Morgan fingerprint density at radius 1 is 1.29 bits per heavy atom. The van der Waals surface area contributed by atoms with Crippen molar-refractivity contribution in [3.8, 4) is 0 Å². The molecule has 2 nitrogen and oxygen atoms in total. The quantitative estimate of drug-likeness (QED) is 0.770. The number of nitrogens with zero attached hydrogens (tertiary/aromatic N) is 1. The molecule has 0 saturated carbocycles. The minimum atomic E-state index is -1.19. The van der Waals surface area contributed by atoms with Gasteiger partial charge in [-0.3, -0.25) is 4.90 Å². The van der Waals surface area contributed by atoms with Gasteiger partial charge in [0.1, 0.15) is 0 Å². The average Bonchev–Trinajstić information content (AvgIpc) is 2.23. The second kappa shape index (κ2) is 4.58. The summed E-state index contributed by atoms with van der Waals surface area (Å²) in [5.41, 5.74) is 1.30. The molecule has 1 aliphatic rings. The van der Waals surface area contributed by atoms with Gasteiger partial charge in [0.15, 0.2) is 0 Å². The van der Waals surface area contributed by atoms with Crippen LogP contribution >= 0.6 is 0 Å². The molecule has 1 aliphatic heterocycles. The zero-order chi connectivity index (χ0) is 10.7. The van der Waals surface area contributed by atoms with Crippen molar-refractivity contribution in [1.29, 1.82) is 0 Å². The molecule has 2 rings (SSSR count). The first-order valence-corrected chi connectivity index (χ1v) is 5.14. The summed E-state index contributed by atoms with van der Waals surface area (Å²) in [7, 11) is 0. The van der Waals surface area contributed by atoms with Crippen LogP contribution < -0.4 is 0 Å². The van der Waals surface area contributed by atoms with Gasteiger partial charge in [0.05, 0.1) is 7.45 Å². The van der Waals surface area contributed by atoms with Crippen molar-refractivity contribution < 1.29 is 6.48 Å². The molecule has 1 aromatic rings. The zero-order valence-electron chi connectivity index (χ0n) is 9.32. The van der Waals surface area contributed by atoms with E-state index in [2.05, 4.69) is 17.0 Å². The molecule has 76 valence electrons. The van der Waals surface area contributed by atoms with Crippen LogP contribution in [-0.4, -0.2) is 29.2 Å². The van der Waals surface area contributed by atoms with Crippen LogP contribution in [0, 0.1) is 0 Å². The van der Waals surface area contributed by atoms with Crippen LogP contribution in [0.5, 0.6) is 0 Å². The predicted molar refractivity (Wildman–Crippen MR) is 57.0 cm³/mol. The van der Waals surface area contributed by atoms with Gasteiger partial charge in [0.25, 0.3) is 0 Å². The molecule has 14 heavy (non-hydrogen) atoms. The minimum Gasteiger partial charge on any atom is -0.393 e. The zero-order valence-corrected chi connectivity index (χ0v) is 8.32. The molecule has 2 heteroatoms. The summed E-state index contributed by atoms with van der Waals surface area (Å²) in [6.45, 7) is 2.56. The van der Waals surface area contributed by atoms with Gasteiger partial charge in [-0.05, 0) is 18.4 Å². The van der Waals surface area contributed by atoms with Gasteiger partial charge in [-0.2, -0.15) is 0 Å². The van der Waals surface area contributed by atoms with Gasteiger partial charge in [0, 0.05) is 19.6 Å². The Hall–Kier alpha value is -0.860. The second-order valence-corrected chi connectivity index (χ2v) is 3.83. The van der Waals surface area contributed by atoms with Gasteiger partial charge in [-0.1, -0.05) is 30.3 Å². The summed E-state index contributed by atoms with van der Waals surface area (Å²) in [6, 6.07) is 10.3. The Morgan fingerprint density at radius 2 is 1.93 bits per heavy atom. The fourth-order valence-corrected chi connectivity index (χ4v) is 1.81. The number of rotatable bonds is 2. The van der Waals surface area contributed by atoms with Crippen molar-refractivity contribution in [3.63, 3.8) is 0 Å². The monoisotopic (exact) mass is 192 g/mol. The highest BCUT2D eigenvalue weighted by molar-refractivity contribution is 5.14. The van der Waals surface area contributed by atoms with E-state index in [0.29, 0.717) is 12.8 Å². The maximum absolute atomic E-state index is 9.50. The van der Waals surface area contributed by atoms with E-state index in [1.807, 2.05) is 18.2 Å². The molecule has 0 spiro atoms. The fraction of sp³-hybridized carbons (Fsp3) is 0.500. The van der Waals surface area contributed by atoms with Gasteiger partial charge in [0.2, 0.25) is 0 Å².